The predicted octanol–water partition coefficient (Wildman–Crippen LogP) is 2.87. The van der Waals surface area contributed by atoms with Gasteiger partial charge in [-0.1, -0.05) is 6.07 Å². The zero-order valence-corrected chi connectivity index (χ0v) is 17.4. The minimum absolute atomic E-state index is 0.277. The third-order valence-electron chi connectivity index (χ3n) is 5.77. The van der Waals surface area contributed by atoms with Crippen LogP contribution in [0.3, 0.4) is 0 Å². The smallest absolute Gasteiger partial charge is 0.291 e. The first-order valence-corrected chi connectivity index (χ1v) is 10.4. The van der Waals surface area contributed by atoms with Gasteiger partial charge >= 0.3 is 0 Å². The molecule has 8 heteroatoms. The molecule has 0 atom stereocenters. The lowest BCUT2D eigenvalue weighted by Crippen LogP contribution is -2.43. The van der Waals surface area contributed by atoms with E-state index < -0.39 is 0 Å². The molecule has 160 valence electrons. The number of nitrogens with zero attached hydrogens (tertiary/aromatic N) is 3. The van der Waals surface area contributed by atoms with Crippen molar-refractivity contribution in [2.75, 3.05) is 48.4 Å². The van der Waals surface area contributed by atoms with Crippen molar-refractivity contribution in [3.05, 3.63) is 65.7 Å². The average Bonchev–Trinajstić information content (AvgIpc) is 3.47. The highest BCUT2D eigenvalue weighted by molar-refractivity contribution is 6.04. The van der Waals surface area contributed by atoms with Crippen LogP contribution in [-0.2, 0) is 13.1 Å². The van der Waals surface area contributed by atoms with E-state index in [4.69, 9.17) is 9.15 Å². The van der Waals surface area contributed by atoms with Gasteiger partial charge in [0.25, 0.3) is 5.91 Å². The molecule has 2 N–H and O–H groups in total. The van der Waals surface area contributed by atoms with Gasteiger partial charge in [0.2, 0.25) is 0 Å². The number of rotatable bonds is 5. The highest BCUT2D eigenvalue weighted by Crippen LogP contribution is 2.32. The number of aromatic nitrogens is 1. The Morgan fingerprint density at radius 2 is 1.94 bits per heavy atom. The van der Waals surface area contributed by atoms with Crippen LogP contribution in [0.2, 0.25) is 0 Å². The van der Waals surface area contributed by atoms with Gasteiger partial charge in [0.15, 0.2) is 11.6 Å². The number of methoxy groups -OCH3 is 1. The minimum atomic E-state index is -0.283. The summed E-state index contributed by atoms with van der Waals surface area (Å²) in [5.74, 6) is 1.51. The molecule has 1 saturated heterocycles. The SMILES string of the molecule is COc1ccc2c(c1)CN(c1ccc(C(=O)Nc3cnccc3N3CCNCC3)o1)C2. The number of benzene rings is 1. The highest BCUT2D eigenvalue weighted by Gasteiger charge is 2.24. The topological polar surface area (TPSA) is 82.9 Å². The predicted molar refractivity (Wildman–Crippen MR) is 119 cm³/mol. The summed E-state index contributed by atoms with van der Waals surface area (Å²) < 4.78 is 11.2. The fraction of sp³-hybridized carbons (Fsp3) is 0.304. The van der Waals surface area contributed by atoms with Crippen molar-refractivity contribution >= 4 is 23.2 Å². The molecule has 1 amide bonds. The first kappa shape index (κ1) is 19.4. The number of carbonyl (C=O) groups excluding carboxylic acids is 1. The van der Waals surface area contributed by atoms with E-state index in [1.807, 2.05) is 24.3 Å². The van der Waals surface area contributed by atoms with Crippen molar-refractivity contribution < 1.29 is 13.9 Å². The summed E-state index contributed by atoms with van der Waals surface area (Å²) in [6, 6.07) is 11.6. The Morgan fingerprint density at radius 1 is 1.10 bits per heavy atom. The molecule has 8 nitrogen and oxygen atoms in total. The van der Waals surface area contributed by atoms with Gasteiger partial charge in [-0.2, -0.15) is 0 Å². The molecule has 0 saturated carbocycles. The standard InChI is InChI=1S/C23H25N5O3/c1-30-18-3-2-16-14-28(15-17(16)12-18)22-5-4-21(31-22)23(29)26-19-13-25-7-6-20(19)27-10-8-24-9-11-27/h2-7,12-13,24H,8-11,14-15H2,1H3,(H,26,29). The molecule has 3 aromatic rings. The maximum Gasteiger partial charge on any atom is 0.291 e. The van der Waals surface area contributed by atoms with Crippen LogP contribution in [0.1, 0.15) is 21.7 Å². The number of amides is 1. The molecule has 4 heterocycles. The summed E-state index contributed by atoms with van der Waals surface area (Å²) in [7, 11) is 1.67. The summed E-state index contributed by atoms with van der Waals surface area (Å²) in [5.41, 5.74) is 4.10. The Kier molecular flexibility index (Phi) is 5.21. The lowest BCUT2D eigenvalue weighted by atomic mass is 10.1. The van der Waals surface area contributed by atoms with Gasteiger partial charge in [-0.15, -0.1) is 0 Å². The normalized spacial score (nSPS) is 15.6. The van der Waals surface area contributed by atoms with Crippen molar-refractivity contribution in [2.45, 2.75) is 13.1 Å². The molecule has 0 spiro atoms. The number of pyridine rings is 1. The van der Waals surface area contributed by atoms with Crippen molar-refractivity contribution in [2.24, 2.45) is 0 Å². The van der Waals surface area contributed by atoms with Gasteiger partial charge in [-0.3, -0.25) is 9.78 Å². The fourth-order valence-electron chi connectivity index (χ4n) is 4.12. The molecule has 2 aliphatic heterocycles. The van der Waals surface area contributed by atoms with Crippen LogP contribution in [-0.4, -0.2) is 44.2 Å². The van der Waals surface area contributed by atoms with E-state index in [-0.39, 0.29) is 11.7 Å². The van der Waals surface area contributed by atoms with Crippen LogP contribution in [0.5, 0.6) is 5.75 Å². The van der Waals surface area contributed by atoms with E-state index >= 15 is 0 Å². The summed E-state index contributed by atoms with van der Waals surface area (Å²) in [5, 5.41) is 6.31. The van der Waals surface area contributed by atoms with Crippen molar-refractivity contribution in [3.8, 4) is 5.75 Å². The van der Waals surface area contributed by atoms with Gasteiger partial charge < -0.3 is 29.6 Å². The Bertz CT molecular complexity index is 1090. The zero-order valence-electron chi connectivity index (χ0n) is 17.4. The molecule has 2 aliphatic rings. The van der Waals surface area contributed by atoms with E-state index in [1.165, 1.54) is 11.1 Å². The number of carbonyl (C=O) groups is 1. The first-order chi connectivity index (χ1) is 15.2. The van der Waals surface area contributed by atoms with Crippen molar-refractivity contribution in [3.63, 3.8) is 0 Å². The van der Waals surface area contributed by atoms with Crippen LogP contribution in [0.4, 0.5) is 17.3 Å². The second kappa shape index (κ2) is 8.31. The molecule has 0 radical (unpaired) electrons. The Balaban J connectivity index is 1.29. The van der Waals surface area contributed by atoms with E-state index in [0.29, 0.717) is 11.6 Å². The lowest BCUT2D eigenvalue weighted by Gasteiger charge is -2.30. The first-order valence-electron chi connectivity index (χ1n) is 10.4. The average molecular weight is 419 g/mol. The number of furan rings is 1. The van der Waals surface area contributed by atoms with E-state index in [1.54, 1.807) is 25.6 Å². The molecule has 1 fully saturated rings. The third-order valence-corrected chi connectivity index (χ3v) is 5.77. The molecule has 31 heavy (non-hydrogen) atoms. The number of ether oxygens (including phenoxy) is 1. The van der Waals surface area contributed by atoms with Gasteiger partial charge in [0.1, 0.15) is 5.75 Å². The molecule has 0 aliphatic carbocycles. The number of hydrogen-bond acceptors (Lipinski definition) is 7. The number of hydrogen-bond donors (Lipinski definition) is 2. The summed E-state index contributed by atoms with van der Waals surface area (Å²) >= 11 is 0. The summed E-state index contributed by atoms with van der Waals surface area (Å²) in [6.45, 7) is 5.07. The molecule has 0 unspecified atom stereocenters. The molecule has 1 aromatic carbocycles. The van der Waals surface area contributed by atoms with Gasteiger partial charge in [-0.05, 0) is 35.4 Å². The van der Waals surface area contributed by atoms with Crippen LogP contribution in [0, 0.1) is 0 Å². The van der Waals surface area contributed by atoms with Crippen LogP contribution >= 0.6 is 0 Å². The maximum absolute atomic E-state index is 12.9. The monoisotopic (exact) mass is 419 g/mol. The number of piperazine rings is 1. The number of nitrogens with one attached hydrogen (secondary N) is 2. The van der Waals surface area contributed by atoms with Crippen LogP contribution in [0.25, 0.3) is 0 Å². The largest absolute Gasteiger partial charge is 0.497 e. The molecule has 0 bridgehead atoms. The maximum atomic E-state index is 12.9. The molecule has 5 rings (SSSR count). The number of anilines is 3. The van der Waals surface area contributed by atoms with Crippen LogP contribution < -0.4 is 25.2 Å². The van der Waals surface area contributed by atoms with Gasteiger partial charge in [0, 0.05) is 51.5 Å². The third kappa shape index (κ3) is 3.94. The quantitative estimate of drug-likeness (QED) is 0.658. The molecule has 2 aromatic heterocycles. The molecular weight excluding hydrogens is 394 g/mol. The Labute approximate surface area is 180 Å². The highest BCUT2D eigenvalue weighted by atomic mass is 16.5. The number of fused-ring (bicyclic) bond motifs is 1. The second-order valence-electron chi connectivity index (χ2n) is 7.71. The lowest BCUT2D eigenvalue weighted by molar-refractivity contribution is 0.0997. The van der Waals surface area contributed by atoms with E-state index in [0.717, 1.165) is 50.7 Å². The minimum Gasteiger partial charge on any atom is -0.497 e. The van der Waals surface area contributed by atoms with E-state index in [9.17, 15) is 4.79 Å². The zero-order chi connectivity index (χ0) is 21.2. The Morgan fingerprint density at radius 3 is 2.77 bits per heavy atom. The van der Waals surface area contributed by atoms with Gasteiger partial charge in [-0.25, -0.2) is 0 Å². The van der Waals surface area contributed by atoms with Gasteiger partial charge in [0.05, 0.1) is 24.7 Å². The van der Waals surface area contributed by atoms with Crippen molar-refractivity contribution in [1.82, 2.24) is 10.3 Å². The van der Waals surface area contributed by atoms with Crippen LogP contribution in [0.15, 0.2) is 53.2 Å². The van der Waals surface area contributed by atoms with Crippen molar-refractivity contribution in [1.29, 1.82) is 0 Å². The van der Waals surface area contributed by atoms with E-state index in [2.05, 4.69) is 31.5 Å². The summed E-state index contributed by atoms with van der Waals surface area (Å²) in [4.78, 5) is 21.4. The molecular formula is C23H25N5O3. The fourth-order valence-corrected chi connectivity index (χ4v) is 4.12. The summed E-state index contributed by atoms with van der Waals surface area (Å²) in [6.07, 6.45) is 3.43. The Hall–Kier alpha value is -3.52. The second-order valence-corrected chi connectivity index (χ2v) is 7.71.